The third kappa shape index (κ3) is 3.98. The third-order valence-electron chi connectivity index (χ3n) is 4.92. The molecule has 0 atom stereocenters. The molecular formula is C24H18ClN3O3. The van der Waals surface area contributed by atoms with E-state index >= 15 is 0 Å². The number of nitrogens with one attached hydrogen (secondary N) is 1. The second kappa shape index (κ2) is 7.81. The monoisotopic (exact) mass is 431 g/mol. The molecule has 6 nitrogen and oxygen atoms in total. The van der Waals surface area contributed by atoms with Gasteiger partial charge < -0.3 is 19.7 Å². The molecule has 31 heavy (non-hydrogen) atoms. The van der Waals surface area contributed by atoms with Crippen molar-refractivity contribution in [1.82, 2.24) is 9.88 Å². The first-order valence-corrected chi connectivity index (χ1v) is 10.1. The number of halogens is 1. The molecule has 2 aliphatic rings. The summed E-state index contributed by atoms with van der Waals surface area (Å²) in [5.41, 5.74) is 2.71. The average Bonchev–Trinajstić information content (AvgIpc) is 2.89. The van der Waals surface area contributed by atoms with Crippen LogP contribution in [0.4, 0.5) is 5.69 Å². The number of benzene rings is 2. The van der Waals surface area contributed by atoms with Gasteiger partial charge in [-0.05, 0) is 42.5 Å². The van der Waals surface area contributed by atoms with Crippen molar-refractivity contribution < 1.29 is 14.3 Å². The molecular weight excluding hydrogens is 414 g/mol. The number of hydrogen-bond donors (Lipinski definition) is 1. The van der Waals surface area contributed by atoms with Crippen molar-refractivity contribution in [3.05, 3.63) is 89.4 Å². The van der Waals surface area contributed by atoms with E-state index in [9.17, 15) is 4.79 Å². The molecule has 1 amide bonds. The van der Waals surface area contributed by atoms with Crippen molar-refractivity contribution in [3.8, 4) is 23.0 Å². The molecule has 1 aromatic heterocycles. The molecule has 0 unspecified atom stereocenters. The van der Waals surface area contributed by atoms with Gasteiger partial charge in [0.1, 0.15) is 17.2 Å². The molecule has 0 saturated carbocycles. The fraction of sp³-hybridized carbons (Fsp3) is 0.0833. The highest BCUT2D eigenvalue weighted by Gasteiger charge is 2.22. The van der Waals surface area contributed by atoms with E-state index in [4.69, 9.17) is 21.1 Å². The maximum Gasteiger partial charge on any atom is 0.259 e. The first-order valence-electron chi connectivity index (χ1n) is 9.71. The Bertz CT molecular complexity index is 1250. The third-order valence-corrected chi connectivity index (χ3v) is 5.15. The summed E-state index contributed by atoms with van der Waals surface area (Å²) >= 11 is 6.04. The first kappa shape index (κ1) is 19.2. The van der Waals surface area contributed by atoms with Gasteiger partial charge in [0, 0.05) is 42.7 Å². The van der Waals surface area contributed by atoms with Crippen molar-refractivity contribution >= 4 is 28.8 Å². The summed E-state index contributed by atoms with van der Waals surface area (Å²) in [4.78, 5) is 19.3. The van der Waals surface area contributed by atoms with Crippen LogP contribution in [0.5, 0.6) is 23.0 Å². The zero-order valence-electron chi connectivity index (χ0n) is 16.6. The normalized spacial score (nSPS) is 14.6. The summed E-state index contributed by atoms with van der Waals surface area (Å²) in [6, 6.07) is 13.9. The van der Waals surface area contributed by atoms with Gasteiger partial charge in [-0.25, -0.2) is 0 Å². The van der Waals surface area contributed by atoms with Crippen LogP contribution in [0.3, 0.4) is 0 Å². The fourth-order valence-corrected chi connectivity index (χ4v) is 3.61. The van der Waals surface area contributed by atoms with Crippen LogP contribution in [-0.2, 0) is 0 Å². The molecule has 0 fully saturated rings. The summed E-state index contributed by atoms with van der Waals surface area (Å²) in [7, 11) is 2.01. The van der Waals surface area contributed by atoms with Gasteiger partial charge in [-0.3, -0.25) is 9.78 Å². The number of carbonyl (C=O) groups is 1. The fourth-order valence-electron chi connectivity index (χ4n) is 3.44. The molecule has 5 rings (SSSR count). The van der Waals surface area contributed by atoms with Gasteiger partial charge in [0.15, 0.2) is 5.75 Å². The maximum atomic E-state index is 12.8. The molecule has 154 valence electrons. The number of likely N-dealkylation sites (N-methyl/N-ethyl adjacent to an activating group) is 1. The second-order valence-corrected chi connectivity index (χ2v) is 7.70. The number of carbonyl (C=O) groups excluding carboxylic acids is 1. The van der Waals surface area contributed by atoms with Crippen LogP contribution in [0.2, 0.25) is 5.02 Å². The minimum Gasteiger partial charge on any atom is -0.457 e. The number of nitrogens with zero attached hydrogens (tertiary/aromatic N) is 2. The Labute approximate surface area is 184 Å². The highest BCUT2D eigenvalue weighted by Crippen LogP contribution is 2.39. The van der Waals surface area contributed by atoms with E-state index < -0.39 is 0 Å². The number of ether oxygens (including phenoxy) is 2. The van der Waals surface area contributed by atoms with Crippen molar-refractivity contribution in [2.24, 2.45) is 0 Å². The highest BCUT2D eigenvalue weighted by molar-refractivity contribution is 6.31. The lowest BCUT2D eigenvalue weighted by Crippen LogP contribution is -2.13. The first-order chi connectivity index (χ1) is 15.0. The minimum atomic E-state index is -0.294. The molecule has 0 bridgehead atoms. The van der Waals surface area contributed by atoms with Crippen molar-refractivity contribution in [3.63, 3.8) is 0 Å². The minimum absolute atomic E-state index is 0.294. The molecule has 2 aliphatic heterocycles. The van der Waals surface area contributed by atoms with Crippen molar-refractivity contribution in [1.29, 1.82) is 0 Å². The van der Waals surface area contributed by atoms with Crippen LogP contribution >= 0.6 is 11.6 Å². The molecule has 0 aliphatic carbocycles. The molecule has 3 heterocycles. The highest BCUT2D eigenvalue weighted by atomic mass is 35.5. The zero-order chi connectivity index (χ0) is 21.4. The van der Waals surface area contributed by atoms with E-state index in [-0.39, 0.29) is 5.91 Å². The van der Waals surface area contributed by atoms with Gasteiger partial charge in [-0.2, -0.15) is 0 Å². The van der Waals surface area contributed by atoms with Crippen LogP contribution < -0.4 is 14.8 Å². The van der Waals surface area contributed by atoms with Gasteiger partial charge in [0.05, 0.1) is 16.9 Å². The lowest BCUT2D eigenvalue weighted by atomic mass is 10.1. The van der Waals surface area contributed by atoms with E-state index in [1.165, 1.54) is 0 Å². The Balaban J connectivity index is 1.42. The Hall–Kier alpha value is -3.77. The number of hydrogen-bond acceptors (Lipinski definition) is 5. The van der Waals surface area contributed by atoms with E-state index in [1.54, 1.807) is 48.7 Å². The predicted octanol–water partition coefficient (Wildman–Crippen LogP) is 5.73. The molecule has 0 saturated heterocycles. The van der Waals surface area contributed by atoms with Gasteiger partial charge in [-0.15, -0.1) is 0 Å². The quantitative estimate of drug-likeness (QED) is 0.574. The van der Waals surface area contributed by atoms with Crippen molar-refractivity contribution in [2.45, 2.75) is 0 Å². The van der Waals surface area contributed by atoms with Gasteiger partial charge in [0.25, 0.3) is 5.91 Å². The number of amides is 1. The van der Waals surface area contributed by atoms with Crippen LogP contribution in [0.15, 0.2) is 73.1 Å². The second-order valence-electron chi connectivity index (χ2n) is 7.26. The van der Waals surface area contributed by atoms with Crippen LogP contribution in [0, 0.1) is 0 Å². The van der Waals surface area contributed by atoms with E-state index in [2.05, 4.69) is 21.3 Å². The summed E-state index contributed by atoms with van der Waals surface area (Å²) in [6.45, 7) is 0.870. The molecule has 1 N–H and O–H groups in total. The summed E-state index contributed by atoms with van der Waals surface area (Å²) < 4.78 is 11.9. The Morgan fingerprint density at radius 1 is 1.10 bits per heavy atom. The number of anilines is 1. The Kier molecular flexibility index (Phi) is 4.84. The Morgan fingerprint density at radius 3 is 2.81 bits per heavy atom. The average molecular weight is 432 g/mol. The van der Waals surface area contributed by atoms with Gasteiger partial charge >= 0.3 is 0 Å². The largest absolute Gasteiger partial charge is 0.457 e. The number of allylic oxidation sites excluding steroid dienone is 2. The van der Waals surface area contributed by atoms with E-state index in [1.807, 2.05) is 25.4 Å². The number of aromatic nitrogens is 1. The molecule has 7 heteroatoms. The van der Waals surface area contributed by atoms with E-state index in [0.29, 0.717) is 39.3 Å². The number of fused-ring (bicyclic) bond motifs is 2. The molecule has 0 spiro atoms. The summed E-state index contributed by atoms with van der Waals surface area (Å²) in [5, 5.41) is 3.35. The topological polar surface area (TPSA) is 63.7 Å². The standard InChI is InChI=1S/C24H18ClN3O3/c1-28-10-2-3-15(14-28)20-13-18(8-9-26-20)30-17-5-7-22-19(12-17)24(29)27-21-11-16(25)4-6-23(21)31-22/h2-9,11-14H,10H2,1H3,(H,27,29). The summed E-state index contributed by atoms with van der Waals surface area (Å²) in [5.74, 6) is 1.82. The number of rotatable bonds is 3. The zero-order valence-corrected chi connectivity index (χ0v) is 17.4. The summed E-state index contributed by atoms with van der Waals surface area (Å²) in [6.07, 6.45) is 7.87. The lowest BCUT2D eigenvalue weighted by molar-refractivity contribution is 0.102. The smallest absolute Gasteiger partial charge is 0.259 e. The number of pyridine rings is 1. The van der Waals surface area contributed by atoms with Crippen LogP contribution in [-0.4, -0.2) is 29.4 Å². The lowest BCUT2D eigenvalue weighted by Gasteiger charge is -2.17. The van der Waals surface area contributed by atoms with Crippen LogP contribution in [0.25, 0.3) is 5.57 Å². The predicted molar refractivity (Wildman–Crippen MR) is 120 cm³/mol. The maximum absolute atomic E-state index is 12.8. The SMILES string of the molecule is CN1C=C(c2cc(Oc3ccc4c(c3)C(=O)Nc3cc(Cl)ccc3O4)ccn2)C=CC1. The van der Waals surface area contributed by atoms with Crippen molar-refractivity contribution in [2.75, 3.05) is 18.9 Å². The van der Waals surface area contributed by atoms with Crippen LogP contribution in [0.1, 0.15) is 16.1 Å². The molecule has 2 aromatic carbocycles. The van der Waals surface area contributed by atoms with Gasteiger partial charge in [-0.1, -0.05) is 23.8 Å². The van der Waals surface area contributed by atoms with Gasteiger partial charge in [0.2, 0.25) is 0 Å². The molecule has 0 radical (unpaired) electrons. The van der Waals surface area contributed by atoms with E-state index in [0.717, 1.165) is 17.8 Å². The Morgan fingerprint density at radius 2 is 1.94 bits per heavy atom. The molecule has 3 aromatic rings.